The molecule has 3 rings (SSSR count). The summed E-state index contributed by atoms with van der Waals surface area (Å²) in [6.45, 7) is 0. The molecular formula is C10H12N2O. The van der Waals surface area contributed by atoms with E-state index in [4.69, 9.17) is 10.5 Å². The molecule has 2 N–H and O–H groups in total. The van der Waals surface area contributed by atoms with E-state index < -0.39 is 0 Å². The topological polar surface area (TPSA) is 48.1 Å². The van der Waals surface area contributed by atoms with Gasteiger partial charge in [-0.15, -0.1) is 0 Å². The van der Waals surface area contributed by atoms with E-state index in [2.05, 4.69) is 4.98 Å². The van der Waals surface area contributed by atoms with Crippen molar-refractivity contribution < 1.29 is 4.74 Å². The van der Waals surface area contributed by atoms with Crippen molar-refractivity contribution in [2.24, 2.45) is 5.73 Å². The van der Waals surface area contributed by atoms with Crippen molar-refractivity contribution in [3.05, 3.63) is 23.9 Å². The highest BCUT2D eigenvalue weighted by molar-refractivity contribution is 5.33. The second-order valence-electron chi connectivity index (χ2n) is 3.99. The lowest BCUT2D eigenvalue weighted by atomic mass is 9.98. The first-order valence-corrected chi connectivity index (χ1v) is 4.69. The Labute approximate surface area is 76.9 Å². The Bertz CT molecular complexity index is 347. The summed E-state index contributed by atoms with van der Waals surface area (Å²) in [7, 11) is 0. The predicted octanol–water partition coefficient (Wildman–Crippen LogP) is 1.40. The van der Waals surface area contributed by atoms with Gasteiger partial charge in [0, 0.05) is 24.2 Å². The standard InChI is InChI=1S/C10H12N2O/c11-8-6-10(3-4-10)13-9-7(8)2-1-5-12-9/h1-2,5,8H,3-4,6,11H2. The van der Waals surface area contributed by atoms with Crippen LogP contribution in [0.3, 0.4) is 0 Å². The molecule has 1 saturated carbocycles. The number of pyridine rings is 1. The van der Waals surface area contributed by atoms with E-state index in [0.717, 1.165) is 30.7 Å². The fourth-order valence-electron chi connectivity index (χ4n) is 1.97. The maximum absolute atomic E-state index is 6.04. The van der Waals surface area contributed by atoms with Crippen LogP contribution in [0.4, 0.5) is 0 Å². The van der Waals surface area contributed by atoms with Crippen molar-refractivity contribution in [2.45, 2.75) is 30.9 Å². The van der Waals surface area contributed by atoms with E-state index in [0.29, 0.717) is 0 Å². The molecule has 1 atom stereocenters. The summed E-state index contributed by atoms with van der Waals surface area (Å²) in [6, 6.07) is 4.02. The van der Waals surface area contributed by atoms with Crippen molar-refractivity contribution in [1.29, 1.82) is 0 Å². The van der Waals surface area contributed by atoms with Gasteiger partial charge in [-0.1, -0.05) is 6.07 Å². The van der Waals surface area contributed by atoms with Crippen LogP contribution in [-0.2, 0) is 0 Å². The number of fused-ring (bicyclic) bond motifs is 1. The molecule has 1 aliphatic carbocycles. The molecule has 1 aromatic rings. The zero-order chi connectivity index (χ0) is 8.89. The van der Waals surface area contributed by atoms with Gasteiger partial charge in [-0.05, 0) is 18.9 Å². The normalized spacial score (nSPS) is 27.9. The summed E-state index contributed by atoms with van der Waals surface area (Å²) in [5, 5.41) is 0. The van der Waals surface area contributed by atoms with Gasteiger partial charge >= 0.3 is 0 Å². The van der Waals surface area contributed by atoms with E-state index in [1.165, 1.54) is 0 Å². The first-order chi connectivity index (χ1) is 6.29. The van der Waals surface area contributed by atoms with Crippen molar-refractivity contribution in [3.63, 3.8) is 0 Å². The molecule has 1 spiro atoms. The number of ether oxygens (including phenoxy) is 1. The Morgan fingerprint density at radius 3 is 3.15 bits per heavy atom. The lowest BCUT2D eigenvalue weighted by Gasteiger charge is -2.29. The second kappa shape index (κ2) is 2.23. The molecule has 0 radical (unpaired) electrons. The minimum Gasteiger partial charge on any atom is -0.471 e. The molecule has 68 valence electrons. The summed E-state index contributed by atoms with van der Waals surface area (Å²) in [6.07, 6.45) is 4.98. The third-order valence-corrected chi connectivity index (χ3v) is 2.91. The Balaban J connectivity index is 2.05. The molecule has 0 bridgehead atoms. The molecule has 0 amide bonds. The summed E-state index contributed by atoms with van der Waals surface area (Å²) < 4.78 is 5.81. The highest BCUT2D eigenvalue weighted by atomic mass is 16.5. The van der Waals surface area contributed by atoms with Gasteiger partial charge in [-0.3, -0.25) is 0 Å². The fourth-order valence-corrected chi connectivity index (χ4v) is 1.97. The number of nitrogens with two attached hydrogens (primary N) is 1. The van der Waals surface area contributed by atoms with Crippen LogP contribution in [0, 0.1) is 0 Å². The Morgan fingerprint density at radius 1 is 1.54 bits per heavy atom. The number of aromatic nitrogens is 1. The Morgan fingerprint density at radius 2 is 2.38 bits per heavy atom. The Hall–Kier alpha value is -1.09. The van der Waals surface area contributed by atoms with E-state index in [9.17, 15) is 0 Å². The number of rotatable bonds is 0. The van der Waals surface area contributed by atoms with Gasteiger partial charge in [0.25, 0.3) is 0 Å². The Kier molecular flexibility index (Phi) is 1.26. The second-order valence-corrected chi connectivity index (χ2v) is 3.99. The minimum atomic E-state index is 0.0563. The summed E-state index contributed by atoms with van der Waals surface area (Å²) in [5.74, 6) is 0.749. The highest BCUT2D eigenvalue weighted by Crippen LogP contribution is 2.50. The summed E-state index contributed by atoms with van der Waals surface area (Å²) in [5.41, 5.74) is 7.15. The van der Waals surface area contributed by atoms with Crippen LogP contribution < -0.4 is 10.5 Å². The third kappa shape index (κ3) is 1.04. The van der Waals surface area contributed by atoms with Crippen LogP contribution in [0.5, 0.6) is 5.88 Å². The molecule has 2 aliphatic rings. The van der Waals surface area contributed by atoms with Crippen LogP contribution in [0.1, 0.15) is 30.9 Å². The van der Waals surface area contributed by atoms with Crippen LogP contribution in [0.15, 0.2) is 18.3 Å². The maximum Gasteiger partial charge on any atom is 0.218 e. The lowest BCUT2D eigenvalue weighted by Crippen LogP contribution is -2.31. The molecule has 1 aromatic heterocycles. The molecule has 0 aromatic carbocycles. The summed E-state index contributed by atoms with van der Waals surface area (Å²) >= 11 is 0. The quantitative estimate of drug-likeness (QED) is 0.650. The maximum atomic E-state index is 6.04. The number of hydrogen-bond donors (Lipinski definition) is 1. The number of nitrogens with zero attached hydrogens (tertiary/aromatic N) is 1. The molecule has 1 fully saturated rings. The van der Waals surface area contributed by atoms with Crippen LogP contribution >= 0.6 is 0 Å². The zero-order valence-corrected chi connectivity index (χ0v) is 7.36. The van der Waals surface area contributed by atoms with Gasteiger partial charge in [-0.25, -0.2) is 4.98 Å². The fraction of sp³-hybridized carbons (Fsp3) is 0.500. The lowest BCUT2D eigenvalue weighted by molar-refractivity contribution is 0.129. The molecule has 1 unspecified atom stereocenters. The van der Waals surface area contributed by atoms with Crippen molar-refractivity contribution in [1.82, 2.24) is 4.98 Å². The number of hydrogen-bond acceptors (Lipinski definition) is 3. The van der Waals surface area contributed by atoms with Crippen molar-refractivity contribution in [2.75, 3.05) is 0 Å². The largest absolute Gasteiger partial charge is 0.471 e. The van der Waals surface area contributed by atoms with E-state index in [1.807, 2.05) is 12.1 Å². The van der Waals surface area contributed by atoms with Gasteiger partial charge in [0.15, 0.2) is 0 Å². The van der Waals surface area contributed by atoms with Crippen LogP contribution in [0.2, 0.25) is 0 Å². The average molecular weight is 176 g/mol. The SMILES string of the molecule is NC1CC2(CC2)Oc2ncccc21. The summed E-state index contributed by atoms with van der Waals surface area (Å²) in [4.78, 5) is 4.20. The molecule has 0 saturated heterocycles. The van der Waals surface area contributed by atoms with Gasteiger partial charge < -0.3 is 10.5 Å². The monoisotopic (exact) mass is 176 g/mol. The predicted molar refractivity (Wildman–Crippen MR) is 48.4 cm³/mol. The van der Waals surface area contributed by atoms with Gasteiger partial charge in [0.1, 0.15) is 5.60 Å². The minimum absolute atomic E-state index is 0.0563. The molecule has 1 aliphatic heterocycles. The van der Waals surface area contributed by atoms with Crippen LogP contribution in [0.25, 0.3) is 0 Å². The molecule has 13 heavy (non-hydrogen) atoms. The first kappa shape index (κ1) is 7.33. The van der Waals surface area contributed by atoms with Gasteiger partial charge in [0.2, 0.25) is 5.88 Å². The molecule has 3 nitrogen and oxygen atoms in total. The van der Waals surface area contributed by atoms with Crippen molar-refractivity contribution >= 4 is 0 Å². The first-order valence-electron chi connectivity index (χ1n) is 4.69. The van der Waals surface area contributed by atoms with Crippen LogP contribution in [-0.4, -0.2) is 10.6 Å². The van der Waals surface area contributed by atoms with Gasteiger partial charge in [-0.2, -0.15) is 0 Å². The van der Waals surface area contributed by atoms with E-state index in [-0.39, 0.29) is 11.6 Å². The van der Waals surface area contributed by atoms with Gasteiger partial charge in [0.05, 0.1) is 0 Å². The van der Waals surface area contributed by atoms with E-state index >= 15 is 0 Å². The highest BCUT2D eigenvalue weighted by Gasteiger charge is 2.50. The van der Waals surface area contributed by atoms with Crippen molar-refractivity contribution in [3.8, 4) is 5.88 Å². The molecular weight excluding hydrogens is 164 g/mol. The smallest absolute Gasteiger partial charge is 0.218 e. The zero-order valence-electron chi connectivity index (χ0n) is 7.36. The molecule has 2 heterocycles. The average Bonchev–Trinajstić information content (AvgIpc) is 2.85. The third-order valence-electron chi connectivity index (χ3n) is 2.91. The van der Waals surface area contributed by atoms with E-state index in [1.54, 1.807) is 6.20 Å². The molecule has 3 heteroatoms.